The second-order valence-corrected chi connectivity index (χ2v) is 3.90. The summed E-state index contributed by atoms with van der Waals surface area (Å²) in [7, 11) is 0. The molecule has 15 heavy (non-hydrogen) atoms. The van der Waals surface area contributed by atoms with Gasteiger partial charge in [0.2, 0.25) is 5.56 Å². The maximum atomic E-state index is 10.9. The van der Waals surface area contributed by atoms with Crippen LogP contribution in [0.2, 0.25) is 0 Å². The average Bonchev–Trinajstić information content (AvgIpc) is 2.30. The maximum absolute atomic E-state index is 10.9. The van der Waals surface area contributed by atoms with Crippen molar-refractivity contribution in [3.05, 3.63) is 34.2 Å². The van der Waals surface area contributed by atoms with Crippen LogP contribution in [0, 0.1) is 0 Å². The SMILES string of the molecule is O=c1ccc(CCN2CCNCC2)c[nH]1. The highest BCUT2D eigenvalue weighted by Gasteiger charge is 2.08. The summed E-state index contributed by atoms with van der Waals surface area (Å²) in [5.41, 5.74) is 1.18. The van der Waals surface area contributed by atoms with Gasteiger partial charge >= 0.3 is 0 Å². The van der Waals surface area contributed by atoms with Crippen LogP contribution in [0.1, 0.15) is 5.56 Å². The van der Waals surface area contributed by atoms with Gasteiger partial charge in [-0.1, -0.05) is 6.07 Å². The largest absolute Gasteiger partial charge is 0.329 e. The number of pyridine rings is 1. The Bertz CT molecular complexity index is 335. The highest BCUT2D eigenvalue weighted by Crippen LogP contribution is 1.99. The van der Waals surface area contributed by atoms with Crippen molar-refractivity contribution in [2.45, 2.75) is 6.42 Å². The third-order valence-electron chi connectivity index (χ3n) is 2.77. The standard InChI is InChI=1S/C11H17N3O/c15-11-2-1-10(9-13-11)3-6-14-7-4-12-5-8-14/h1-2,9,12H,3-8H2,(H,13,15). The summed E-state index contributed by atoms with van der Waals surface area (Å²) in [5.74, 6) is 0. The smallest absolute Gasteiger partial charge is 0.247 e. The molecule has 0 saturated carbocycles. The van der Waals surface area contributed by atoms with Crippen molar-refractivity contribution < 1.29 is 0 Å². The zero-order chi connectivity index (χ0) is 10.5. The molecular formula is C11H17N3O. The van der Waals surface area contributed by atoms with Gasteiger partial charge in [-0.05, 0) is 12.0 Å². The summed E-state index contributed by atoms with van der Waals surface area (Å²) in [6.07, 6.45) is 2.82. The van der Waals surface area contributed by atoms with Gasteiger partial charge in [0.15, 0.2) is 0 Å². The van der Waals surface area contributed by atoms with E-state index in [1.807, 2.05) is 12.3 Å². The highest BCUT2D eigenvalue weighted by atomic mass is 16.1. The van der Waals surface area contributed by atoms with Gasteiger partial charge in [-0.25, -0.2) is 0 Å². The molecule has 1 aromatic rings. The Hall–Kier alpha value is -1.13. The van der Waals surface area contributed by atoms with Crippen LogP contribution in [0.5, 0.6) is 0 Å². The Morgan fingerprint density at radius 3 is 2.73 bits per heavy atom. The predicted octanol–water partition coefficient (Wildman–Crippen LogP) is -0.177. The number of rotatable bonds is 3. The Balaban J connectivity index is 1.81. The first-order valence-corrected chi connectivity index (χ1v) is 5.45. The molecular weight excluding hydrogens is 190 g/mol. The molecule has 1 fully saturated rings. The second-order valence-electron chi connectivity index (χ2n) is 3.90. The third-order valence-corrected chi connectivity index (χ3v) is 2.77. The predicted molar refractivity (Wildman–Crippen MR) is 60.1 cm³/mol. The van der Waals surface area contributed by atoms with E-state index in [0.29, 0.717) is 0 Å². The van der Waals surface area contributed by atoms with Crippen molar-refractivity contribution in [1.29, 1.82) is 0 Å². The first-order valence-electron chi connectivity index (χ1n) is 5.45. The maximum Gasteiger partial charge on any atom is 0.247 e. The zero-order valence-electron chi connectivity index (χ0n) is 8.83. The van der Waals surface area contributed by atoms with Gasteiger partial charge in [-0.3, -0.25) is 4.79 Å². The van der Waals surface area contributed by atoms with Crippen LogP contribution in [0.3, 0.4) is 0 Å². The monoisotopic (exact) mass is 207 g/mol. The van der Waals surface area contributed by atoms with Gasteiger partial charge in [-0.2, -0.15) is 0 Å². The van der Waals surface area contributed by atoms with Crippen LogP contribution in [-0.2, 0) is 6.42 Å². The van der Waals surface area contributed by atoms with E-state index in [1.165, 1.54) is 5.56 Å². The van der Waals surface area contributed by atoms with Gasteiger partial charge < -0.3 is 15.2 Å². The van der Waals surface area contributed by atoms with E-state index in [0.717, 1.165) is 39.1 Å². The normalized spacial score (nSPS) is 17.9. The summed E-state index contributed by atoms with van der Waals surface area (Å²) in [5, 5.41) is 3.33. The highest BCUT2D eigenvalue weighted by molar-refractivity contribution is 5.08. The summed E-state index contributed by atoms with van der Waals surface area (Å²) in [6, 6.07) is 3.49. The topological polar surface area (TPSA) is 48.1 Å². The summed E-state index contributed by atoms with van der Waals surface area (Å²) in [4.78, 5) is 16.0. The molecule has 0 aromatic carbocycles. The lowest BCUT2D eigenvalue weighted by atomic mass is 10.2. The molecule has 0 spiro atoms. The van der Waals surface area contributed by atoms with E-state index >= 15 is 0 Å². The summed E-state index contributed by atoms with van der Waals surface area (Å²) in [6.45, 7) is 5.51. The van der Waals surface area contributed by atoms with Crippen LogP contribution in [0.15, 0.2) is 23.1 Å². The van der Waals surface area contributed by atoms with Gasteiger partial charge in [0, 0.05) is 45.0 Å². The molecule has 0 radical (unpaired) electrons. The summed E-state index contributed by atoms with van der Waals surface area (Å²) < 4.78 is 0. The number of hydrogen-bond donors (Lipinski definition) is 2. The molecule has 0 atom stereocenters. The lowest BCUT2D eigenvalue weighted by Crippen LogP contribution is -2.44. The van der Waals surface area contributed by atoms with Gasteiger partial charge in [0.25, 0.3) is 0 Å². The minimum atomic E-state index is -0.0269. The van der Waals surface area contributed by atoms with Crippen molar-refractivity contribution in [3.63, 3.8) is 0 Å². The van der Waals surface area contributed by atoms with Crippen molar-refractivity contribution in [2.75, 3.05) is 32.7 Å². The molecule has 0 amide bonds. The second kappa shape index (κ2) is 5.09. The van der Waals surface area contributed by atoms with E-state index in [4.69, 9.17) is 0 Å². The quantitative estimate of drug-likeness (QED) is 0.723. The molecule has 2 heterocycles. The van der Waals surface area contributed by atoms with E-state index in [-0.39, 0.29) is 5.56 Å². The van der Waals surface area contributed by atoms with E-state index < -0.39 is 0 Å². The fourth-order valence-electron chi connectivity index (χ4n) is 1.82. The molecule has 2 N–H and O–H groups in total. The average molecular weight is 207 g/mol. The molecule has 4 heteroatoms. The Kier molecular flexibility index (Phi) is 3.53. The minimum absolute atomic E-state index is 0.0269. The lowest BCUT2D eigenvalue weighted by molar-refractivity contribution is 0.244. The number of aromatic amines is 1. The van der Waals surface area contributed by atoms with Crippen LogP contribution in [0.4, 0.5) is 0 Å². The van der Waals surface area contributed by atoms with Crippen molar-refractivity contribution >= 4 is 0 Å². The molecule has 0 bridgehead atoms. The third kappa shape index (κ3) is 3.18. The number of H-pyrrole nitrogens is 1. The number of piperazine rings is 1. The van der Waals surface area contributed by atoms with Crippen LogP contribution in [0.25, 0.3) is 0 Å². The van der Waals surface area contributed by atoms with Crippen LogP contribution < -0.4 is 10.9 Å². The Morgan fingerprint density at radius 2 is 2.07 bits per heavy atom. The Labute approximate surface area is 89.3 Å². The molecule has 2 rings (SSSR count). The van der Waals surface area contributed by atoms with E-state index in [2.05, 4.69) is 15.2 Å². The van der Waals surface area contributed by atoms with Gasteiger partial charge in [-0.15, -0.1) is 0 Å². The fourth-order valence-corrected chi connectivity index (χ4v) is 1.82. The molecule has 82 valence electrons. The number of nitrogens with zero attached hydrogens (tertiary/aromatic N) is 1. The molecule has 1 aliphatic rings. The summed E-state index contributed by atoms with van der Waals surface area (Å²) >= 11 is 0. The van der Waals surface area contributed by atoms with Gasteiger partial charge in [0.1, 0.15) is 0 Å². The van der Waals surface area contributed by atoms with E-state index in [1.54, 1.807) is 6.07 Å². The minimum Gasteiger partial charge on any atom is -0.329 e. The Morgan fingerprint density at radius 1 is 1.27 bits per heavy atom. The number of aromatic nitrogens is 1. The van der Waals surface area contributed by atoms with Crippen LogP contribution >= 0.6 is 0 Å². The first kappa shape index (κ1) is 10.4. The first-order chi connectivity index (χ1) is 7.34. The van der Waals surface area contributed by atoms with Crippen molar-refractivity contribution in [2.24, 2.45) is 0 Å². The molecule has 0 aliphatic carbocycles. The van der Waals surface area contributed by atoms with Crippen LogP contribution in [-0.4, -0.2) is 42.6 Å². The molecule has 0 unspecified atom stereocenters. The lowest BCUT2D eigenvalue weighted by Gasteiger charge is -2.26. The number of nitrogens with one attached hydrogen (secondary N) is 2. The molecule has 1 aliphatic heterocycles. The van der Waals surface area contributed by atoms with Crippen molar-refractivity contribution in [3.8, 4) is 0 Å². The van der Waals surface area contributed by atoms with Crippen molar-refractivity contribution in [1.82, 2.24) is 15.2 Å². The van der Waals surface area contributed by atoms with Gasteiger partial charge in [0.05, 0.1) is 0 Å². The zero-order valence-corrected chi connectivity index (χ0v) is 8.83. The molecule has 4 nitrogen and oxygen atoms in total. The molecule has 1 aromatic heterocycles. The fraction of sp³-hybridized carbons (Fsp3) is 0.545. The molecule has 1 saturated heterocycles. The number of hydrogen-bond acceptors (Lipinski definition) is 3. The van der Waals surface area contributed by atoms with E-state index in [9.17, 15) is 4.79 Å².